The lowest BCUT2D eigenvalue weighted by Gasteiger charge is -2.25. The van der Waals surface area contributed by atoms with Crippen LogP contribution in [-0.2, 0) is 22.9 Å². The van der Waals surface area contributed by atoms with Crippen LogP contribution in [0.25, 0.3) is 10.8 Å². The molecule has 0 unspecified atom stereocenters. The molecule has 1 fully saturated rings. The van der Waals surface area contributed by atoms with Crippen molar-refractivity contribution < 1.29 is 8.42 Å². The van der Waals surface area contributed by atoms with E-state index in [1.807, 2.05) is 36.4 Å². The molecule has 1 heterocycles. The van der Waals surface area contributed by atoms with Crippen LogP contribution in [0.1, 0.15) is 22.1 Å². The van der Waals surface area contributed by atoms with Crippen molar-refractivity contribution >= 4 is 48.5 Å². The third kappa shape index (κ3) is 2.85. The molecule has 138 valence electrons. The Kier molecular flexibility index (Phi) is 4.35. The van der Waals surface area contributed by atoms with Crippen molar-refractivity contribution in [1.82, 2.24) is 4.31 Å². The van der Waals surface area contributed by atoms with Crippen molar-refractivity contribution in [1.29, 1.82) is 0 Å². The topological polar surface area (TPSA) is 37.4 Å². The second-order valence-corrected chi connectivity index (χ2v) is 10.9. The van der Waals surface area contributed by atoms with Crippen LogP contribution in [0, 0.1) is 0 Å². The van der Waals surface area contributed by atoms with Crippen LogP contribution in [0.4, 0.5) is 0 Å². The zero-order chi connectivity index (χ0) is 18.6. The Morgan fingerprint density at radius 3 is 2.63 bits per heavy atom. The van der Waals surface area contributed by atoms with Crippen LogP contribution < -0.4 is 0 Å². The molecule has 2 aliphatic rings. The summed E-state index contributed by atoms with van der Waals surface area (Å²) in [5.74, 6) is 0.814. The Morgan fingerprint density at radius 1 is 1.00 bits per heavy atom. The fourth-order valence-electron chi connectivity index (χ4n) is 4.19. The standard InChI is InChI=1S/C21H18BrNO2S2/c22-17-8-4-16(5-9-17)21-23(12-13-26-21)27(24,25)19-11-7-15-3-1-2-14-6-10-18(19)20(14)15/h1-5,7-9,11,21H,6,10,12-13H2/t21-/m1/s1. The van der Waals surface area contributed by atoms with Gasteiger partial charge in [0.25, 0.3) is 0 Å². The maximum Gasteiger partial charge on any atom is 0.244 e. The first-order valence-electron chi connectivity index (χ1n) is 8.98. The molecule has 0 saturated carbocycles. The number of aryl methyl sites for hydroxylation is 2. The molecular weight excluding hydrogens is 442 g/mol. The third-order valence-corrected chi connectivity index (χ3v) is 9.30. The van der Waals surface area contributed by atoms with E-state index >= 15 is 0 Å². The van der Waals surface area contributed by atoms with E-state index in [2.05, 4.69) is 34.1 Å². The Balaban J connectivity index is 1.61. The van der Waals surface area contributed by atoms with Gasteiger partial charge in [-0.2, -0.15) is 4.31 Å². The molecule has 5 rings (SSSR count). The van der Waals surface area contributed by atoms with E-state index in [1.54, 1.807) is 16.1 Å². The largest absolute Gasteiger partial charge is 0.244 e. The molecule has 1 atom stereocenters. The average Bonchev–Trinajstić information content (AvgIpc) is 3.32. The first kappa shape index (κ1) is 17.7. The summed E-state index contributed by atoms with van der Waals surface area (Å²) in [7, 11) is -3.55. The van der Waals surface area contributed by atoms with Gasteiger partial charge in [0.2, 0.25) is 10.0 Å². The maximum absolute atomic E-state index is 13.6. The molecule has 0 spiro atoms. The van der Waals surface area contributed by atoms with Crippen LogP contribution in [0.5, 0.6) is 0 Å². The summed E-state index contributed by atoms with van der Waals surface area (Å²) in [6, 6.07) is 18.0. The Labute approximate surface area is 171 Å². The van der Waals surface area contributed by atoms with Crippen LogP contribution >= 0.6 is 27.7 Å². The zero-order valence-electron chi connectivity index (χ0n) is 14.6. The number of benzene rings is 3. The van der Waals surface area contributed by atoms with Gasteiger partial charge in [0, 0.05) is 16.8 Å². The number of thioether (sulfide) groups is 1. The van der Waals surface area contributed by atoms with Crippen molar-refractivity contribution in [3.05, 3.63) is 75.8 Å². The van der Waals surface area contributed by atoms with Gasteiger partial charge in [0.05, 0.1) is 10.3 Å². The van der Waals surface area contributed by atoms with E-state index in [-0.39, 0.29) is 5.37 Å². The smallest absolute Gasteiger partial charge is 0.207 e. The van der Waals surface area contributed by atoms with Gasteiger partial charge in [-0.3, -0.25) is 0 Å². The third-order valence-electron chi connectivity index (χ3n) is 5.43. The van der Waals surface area contributed by atoms with Crippen molar-refractivity contribution in [2.24, 2.45) is 0 Å². The van der Waals surface area contributed by atoms with Gasteiger partial charge in [-0.25, -0.2) is 8.42 Å². The summed E-state index contributed by atoms with van der Waals surface area (Å²) >= 11 is 5.15. The summed E-state index contributed by atoms with van der Waals surface area (Å²) in [6.07, 6.45) is 1.72. The molecule has 27 heavy (non-hydrogen) atoms. The number of sulfonamides is 1. The summed E-state index contributed by atoms with van der Waals surface area (Å²) in [6.45, 7) is 0.548. The normalized spacial score (nSPS) is 19.8. The molecule has 3 nitrogen and oxygen atoms in total. The van der Waals surface area contributed by atoms with Gasteiger partial charge < -0.3 is 0 Å². The second-order valence-electron chi connectivity index (χ2n) is 6.95. The van der Waals surface area contributed by atoms with Crippen LogP contribution in [0.2, 0.25) is 0 Å². The molecule has 6 heteroatoms. The lowest BCUT2D eigenvalue weighted by Crippen LogP contribution is -2.31. The number of halogens is 1. The summed E-state index contributed by atoms with van der Waals surface area (Å²) in [4.78, 5) is 0.490. The fourth-order valence-corrected chi connectivity index (χ4v) is 7.95. The van der Waals surface area contributed by atoms with Crippen molar-refractivity contribution in [3.63, 3.8) is 0 Å². The van der Waals surface area contributed by atoms with Crippen molar-refractivity contribution in [2.45, 2.75) is 23.1 Å². The van der Waals surface area contributed by atoms with E-state index in [4.69, 9.17) is 0 Å². The molecule has 0 N–H and O–H groups in total. The van der Waals surface area contributed by atoms with E-state index in [0.29, 0.717) is 11.4 Å². The molecule has 1 aliphatic heterocycles. The second kappa shape index (κ2) is 6.62. The van der Waals surface area contributed by atoms with Gasteiger partial charge in [0.15, 0.2) is 0 Å². The minimum atomic E-state index is -3.55. The quantitative estimate of drug-likeness (QED) is 0.544. The van der Waals surface area contributed by atoms with E-state index in [9.17, 15) is 8.42 Å². The van der Waals surface area contributed by atoms with E-state index in [0.717, 1.165) is 45.0 Å². The minimum Gasteiger partial charge on any atom is -0.207 e. The predicted octanol–water partition coefficient (Wildman–Crippen LogP) is 5.14. The highest BCUT2D eigenvalue weighted by Crippen LogP contribution is 2.44. The molecule has 0 amide bonds. The highest BCUT2D eigenvalue weighted by Gasteiger charge is 2.38. The van der Waals surface area contributed by atoms with E-state index < -0.39 is 10.0 Å². The number of nitrogens with zero attached hydrogens (tertiary/aromatic N) is 1. The first-order chi connectivity index (χ1) is 13.1. The predicted molar refractivity (Wildman–Crippen MR) is 115 cm³/mol. The molecule has 3 aromatic rings. The lowest BCUT2D eigenvalue weighted by molar-refractivity contribution is 0.434. The molecule has 0 aromatic heterocycles. The molecule has 0 radical (unpaired) electrons. The van der Waals surface area contributed by atoms with Gasteiger partial charge in [-0.05, 0) is 58.5 Å². The molecular formula is C21H18BrNO2S2. The fraction of sp³-hybridized carbons (Fsp3) is 0.238. The van der Waals surface area contributed by atoms with Crippen LogP contribution in [0.15, 0.2) is 64.0 Å². The SMILES string of the molecule is O=S(=O)(c1ccc2cccc3c2c1CC3)N1CCS[C@@H]1c1ccc(Br)cc1. The minimum absolute atomic E-state index is 0.164. The molecule has 0 bridgehead atoms. The van der Waals surface area contributed by atoms with Gasteiger partial charge in [-0.15, -0.1) is 11.8 Å². The summed E-state index contributed by atoms with van der Waals surface area (Å²) in [5.41, 5.74) is 3.29. The Hall–Kier alpha value is -1.34. The number of hydrogen-bond donors (Lipinski definition) is 0. The first-order valence-corrected chi connectivity index (χ1v) is 12.3. The summed E-state index contributed by atoms with van der Waals surface area (Å²) < 4.78 is 29.9. The lowest BCUT2D eigenvalue weighted by atomic mass is 10.1. The van der Waals surface area contributed by atoms with Crippen LogP contribution in [0.3, 0.4) is 0 Å². The Bertz CT molecular complexity index is 1140. The zero-order valence-corrected chi connectivity index (χ0v) is 17.8. The number of hydrogen-bond acceptors (Lipinski definition) is 3. The van der Waals surface area contributed by atoms with Crippen molar-refractivity contribution in [3.8, 4) is 0 Å². The summed E-state index contributed by atoms with van der Waals surface area (Å²) in [5, 5.41) is 2.12. The van der Waals surface area contributed by atoms with E-state index in [1.165, 1.54) is 5.56 Å². The van der Waals surface area contributed by atoms with Gasteiger partial charge in [-0.1, -0.05) is 52.3 Å². The Morgan fingerprint density at radius 2 is 1.81 bits per heavy atom. The molecule has 3 aromatic carbocycles. The number of rotatable bonds is 3. The van der Waals surface area contributed by atoms with Crippen molar-refractivity contribution in [2.75, 3.05) is 12.3 Å². The van der Waals surface area contributed by atoms with Crippen LogP contribution in [-0.4, -0.2) is 25.0 Å². The molecule has 1 aliphatic carbocycles. The van der Waals surface area contributed by atoms with Gasteiger partial charge >= 0.3 is 0 Å². The highest BCUT2D eigenvalue weighted by atomic mass is 79.9. The average molecular weight is 460 g/mol. The highest BCUT2D eigenvalue weighted by molar-refractivity contribution is 9.10. The maximum atomic E-state index is 13.6. The molecule has 1 saturated heterocycles. The van der Waals surface area contributed by atoms with Gasteiger partial charge in [0.1, 0.15) is 0 Å². The monoisotopic (exact) mass is 459 g/mol.